The van der Waals surface area contributed by atoms with Gasteiger partial charge >= 0.3 is 17.9 Å². The van der Waals surface area contributed by atoms with Crippen LogP contribution in [0.15, 0.2) is 36.0 Å². The largest absolute Gasteiger partial charge is 0.481 e. The molecule has 1 fully saturated rings. The van der Waals surface area contributed by atoms with Crippen molar-refractivity contribution >= 4 is 47.3 Å². The van der Waals surface area contributed by atoms with Gasteiger partial charge in [-0.3, -0.25) is 28.8 Å². The van der Waals surface area contributed by atoms with Gasteiger partial charge in [0.1, 0.15) is 18.6 Å². The van der Waals surface area contributed by atoms with E-state index in [-0.39, 0.29) is 48.4 Å². The number of carboxylic acids is 3. The first-order chi connectivity index (χ1) is 20.5. The Kier molecular flexibility index (Phi) is 18.6. The number of nitrogens with one attached hydrogen (secondary N) is 2. The minimum atomic E-state index is -1.26. The number of carbonyl (C=O) groups is 6. The number of rotatable bonds is 22. The summed E-state index contributed by atoms with van der Waals surface area (Å²) in [4.78, 5) is 71.0. The molecule has 0 saturated heterocycles. The van der Waals surface area contributed by atoms with Crippen molar-refractivity contribution in [2.45, 2.75) is 94.9 Å². The van der Waals surface area contributed by atoms with Gasteiger partial charge in [0.2, 0.25) is 11.8 Å². The average Bonchev–Trinajstić information content (AvgIpc) is 3.25. The third-order valence-electron chi connectivity index (χ3n) is 6.80. The molecule has 1 saturated carbocycles. The number of hydrogen-bond donors (Lipinski definition) is 6. The lowest BCUT2D eigenvalue weighted by Gasteiger charge is -2.22. The molecule has 0 aromatic carbocycles. The second-order valence-electron chi connectivity index (χ2n) is 10.4. The number of unbranched alkanes of at least 4 members (excludes halogenated alkanes) is 4. The second-order valence-corrected chi connectivity index (χ2v) is 11.6. The number of allylic oxidation sites excluding steroid dienone is 6. The van der Waals surface area contributed by atoms with Gasteiger partial charge in [-0.25, -0.2) is 0 Å². The summed E-state index contributed by atoms with van der Waals surface area (Å²) < 4.78 is 0. The Bertz CT molecular complexity index is 1060. The summed E-state index contributed by atoms with van der Waals surface area (Å²) in [6.07, 6.45) is 15.3. The van der Waals surface area contributed by atoms with Crippen LogP contribution in [-0.2, 0) is 28.8 Å². The molecule has 0 spiro atoms. The summed E-state index contributed by atoms with van der Waals surface area (Å²) >= 11 is 1.32. The maximum atomic E-state index is 13.0. The highest BCUT2D eigenvalue weighted by Gasteiger charge is 2.38. The molecule has 12 nitrogen and oxygen atoms in total. The van der Waals surface area contributed by atoms with Crippen molar-refractivity contribution in [3.63, 3.8) is 0 Å². The van der Waals surface area contributed by atoms with Crippen LogP contribution < -0.4 is 16.4 Å². The smallest absolute Gasteiger partial charge is 0.322 e. The normalized spacial score (nSPS) is 19.1. The molecule has 13 heteroatoms. The van der Waals surface area contributed by atoms with Gasteiger partial charge < -0.3 is 31.7 Å². The summed E-state index contributed by atoms with van der Waals surface area (Å²) in [5, 5.41) is 31.3. The zero-order valence-corrected chi connectivity index (χ0v) is 25.5. The van der Waals surface area contributed by atoms with Crippen molar-refractivity contribution in [1.29, 1.82) is 0 Å². The standard InChI is InChI=1S/C30H45N3O9S/c1-2-3-4-5-6-9-12-20-21(13-10-7-8-11-14-27(36)37)25(17-24(20)34)43-19-23(29(40)32-18-28(38)39)33-26(35)16-15-22(31)30(41)42/h6-7,9-10,12,21-23,25H,2-5,8,11,13-19,31H2,1H3,(H,32,40)(H,33,35)(H,36,37)(H,38,39)(H,41,42)/b9-6+,10-7-,20-12+/t21-,22+,23+,25+/m1/s1. The predicted molar refractivity (Wildman–Crippen MR) is 163 cm³/mol. The summed E-state index contributed by atoms with van der Waals surface area (Å²) in [6, 6.07) is -2.36. The molecule has 0 heterocycles. The number of hydrogen-bond acceptors (Lipinski definition) is 8. The van der Waals surface area contributed by atoms with Crippen LogP contribution >= 0.6 is 11.8 Å². The fourth-order valence-electron chi connectivity index (χ4n) is 4.40. The molecule has 0 radical (unpaired) electrons. The number of amides is 2. The molecule has 0 aliphatic heterocycles. The SMILES string of the molecule is CCCCC/C=C/C=C1/C(=O)C[C@H](SC[C@H](NC(=O)CC[C@H](N)C(=O)O)C(=O)NCC(=O)O)[C@@H]1C/C=C\CCCC(=O)O. The second kappa shape index (κ2) is 21.3. The fourth-order valence-corrected chi connectivity index (χ4v) is 5.83. The number of carboxylic acid groups (broad SMARTS) is 3. The molecular formula is C30H45N3O9S. The van der Waals surface area contributed by atoms with Crippen LogP contribution in [0.25, 0.3) is 0 Å². The Hall–Kier alpha value is -3.45. The van der Waals surface area contributed by atoms with Crippen LogP contribution in [0.3, 0.4) is 0 Å². The van der Waals surface area contributed by atoms with Crippen molar-refractivity contribution in [3.05, 3.63) is 36.0 Å². The van der Waals surface area contributed by atoms with E-state index in [0.29, 0.717) is 24.8 Å². The maximum Gasteiger partial charge on any atom is 0.322 e. The van der Waals surface area contributed by atoms with Crippen molar-refractivity contribution in [3.8, 4) is 0 Å². The number of nitrogens with two attached hydrogens (primary N) is 1. The number of Topliss-reactive ketones (excluding diaryl/α,β-unsaturated/α-hetero) is 1. The first kappa shape index (κ1) is 37.6. The van der Waals surface area contributed by atoms with E-state index in [0.717, 1.165) is 25.7 Å². The van der Waals surface area contributed by atoms with Crippen LogP contribution in [0, 0.1) is 5.92 Å². The Morgan fingerprint density at radius 3 is 2.37 bits per heavy atom. The van der Waals surface area contributed by atoms with Gasteiger partial charge in [0.05, 0.1) is 0 Å². The molecule has 2 amide bonds. The van der Waals surface area contributed by atoms with E-state index >= 15 is 0 Å². The van der Waals surface area contributed by atoms with Gasteiger partial charge in [-0.2, -0.15) is 11.8 Å². The van der Waals surface area contributed by atoms with Crippen LogP contribution in [0.1, 0.15) is 77.6 Å². The molecule has 0 bridgehead atoms. The van der Waals surface area contributed by atoms with Gasteiger partial charge in [0.25, 0.3) is 0 Å². The van der Waals surface area contributed by atoms with Gasteiger partial charge in [0, 0.05) is 36.2 Å². The zero-order chi connectivity index (χ0) is 32.2. The molecular weight excluding hydrogens is 578 g/mol. The van der Waals surface area contributed by atoms with Crippen molar-refractivity contribution in [1.82, 2.24) is 10.6 Å². The number of ketones is 1. The summed E-state index contributed by atoms with van der Waals surface area (Å²) in [6.45, 7) is 1.48. The minimum absolute atomic E-state index is 0.0152. The number of aliphatic carboxylic acids is 3. The highest BCUT2D eigenvalue weighted by molar-refractivity contribution is 8.00. The predicted octanol–water partition coefficient (Wildman–Crippen LogP) is 2.82. The van der Waals surface area contributed by atoms with E-state index in [4.69, 9.17) is 21.1 Å². The molecule has 0 aromatic rings. The lowest BCUT2D eigenvalue weighted by atomic mass is 9.97. The first-order valence-electron chi connectivity index (χ1n) is 14.6. The summed E-state index contributed by atoms with van der Waals surface area (Å²) in [5.74, 6) is -4.83. The van der Waals surface area contributed by atoms with E-state index in [9.17, 15) is 28.8 Å². The van der Waals surface area contributed by atoms with Gasteiger partial charge in [-0.1, -0.05) is 50.1 Å². The Labute approximate surface area is 256 Å². The van der Waals surface area contributed by atoms with Crippen LogP contribution in [0.5, 0.6) is 0 Å². The molecule has 1 aliphatic carbocycles. The molecule has 0 unspecified atom stereocenters. The van der Waals surface area contributed by atoms with E-state index in [1.54, 1.807) is 0 Å². The van der Waals surface area contributed by atoms with Crippen LogP contribution in [0.4, 0.5) is 0 Å². The van der Waals surface area contributed by atoms with Gasteiger partial charge in [0.15, 0.2) is 5.78 Å². The fraction of sp³-hybridized carbons (Fsp3) is 0.600. The monoisotopic (exact) mass is 623 g/mol. The van der Waals surface area contributed by atoms with Crippen molar-refractivity contribution in [2.24, 2.45) is 11.7 Å². The quantitative estimate of drug-likeness (QED) is 0.0586. The molecule has 43 heavy (non-hydrogen) atoms. The van der Waals surface area contributed by atoms with Gasteiger partial charge in [-0.15, -0.1) is 0 Å². The van der Waals surface area contributed by atoms with Crippen LogP contribution in [0.2, 0.25) is 0 Å². The molecule has 240 valence electrons. The lowest BCUT2D eigenvalue weighted by molar-refractivity contribution is -0.139. The maximum absolute atomic E-state index is 13.0. The van der Waals surface area contributed by atoms with Gasteiger partial charge in [-0.05, 0) is 44.1 Å². The van der Waals surface area contributed by atoms with E-state index < -0.39 is 48.4 Å². The summed E-state index contributed by atoms with van der Waals surface area (Å²) in [5.41, 5.74) is 6.13. The zero-order valence-electron chi connectivity index (χ0n) is 24.7. The first-order valence-corrected chi connectivity index (χ1v) is 15.7. The minimum Gasteiger partial charge on any atom is -0.481 e. The highest BCUT2D eigenvalue weighted by Crippen LogP contribution is 2.39. The van der Waals surface area contributed by atoms with Crippen molar-refractivity contribution < 1.29 is 44.1 Å². The number of thioether (sulfide) groups is 1. The van der Waals surface area contributed by atoms with E-state index in [1.807, 2.05) is 30.4 Å². The Morgan fingerprint density at radius 2 is 1.72 bits per heavy atom. The molecule has 1 rings (SSSR count). The Morgan fingerprint density at radius 1 is 1.00 bits per heavy atom. The number of carbonyl (C=O) groups excluding carboxylic acids is 3. The van der Waals surface area contributed by atoms with E-state index in [2.05, 4.69) is 17.6 Å². The van der Waals surface area contributed by atoms with Crippen molar-refractivity contribution in [2.75, 3.05) is 12.3 Å². The van der Waals surface area contributed by atoms with Crippen LogP contribution in [-0.4, -0.2) is 80.5 Å². The molecule has 7 N–H and O–H groups in total. The molecule has 4 atom stereocenters. The molecule has 1 aliphatic rings. The van der Waals surface area contributed by atoms with E-state index in [1.165, 1.54) is 11.8 Å². The lowest BCUT2D eigenvalue weighted by Crippen LogP contribution is -2.49. The third kappa shape index (κ3) is 16.1. The highest BCUT2D eigenvalue weighted by atomic mass is 32.2. The molecule has 0 aromatic heterocycles. The Balaban J connectivity index is 3.02. The topological polar surface area (TPSA) is 213 Å². The summed E-state index contributed by atoms with van der Waals surface area (Å²) in [7, 11) is 0. The average molecular weight is 624 g/mol. The third-order valence-corrected chi connectivity index (χ3v) is 8.25.